The zero-order valence-electron chi connectivity index (χ0n) is 22.8. The Hall–Kier alpha value is -3.94. The second-order valence-electron chi connectivity index (χ2n) is 11.6. The Balaban J connectivity index is 1.13. The van der Waals surface area contributed by atoms with Gasteiger partial charge in [0.25, 0.3) is 5.91 Å². The molecule has 1 saturated heterocycles. The van der Waals surface area contributed by atoms with Crippen molar-refractivity contribution in [3.63, 3.8) is 0 Å². The lowest BCUT2D eigenvalue weighted by Crippen LogP contribution is -2.45. The second-order valence-corrected chi connectivity index (χ2v) is 11.6. The van der Waals surface area contributed by atoms with Crippen molar-refractivity contribution in [2.75, 3.05) is 25.0 Å². The molecule has 0 bridgehead atoms. The number of hydrogen-bond donors (Lipinski definition) is 2. The molecule has 2 fully saturated rings. The molecule has 3 aromatic rings. The number of fused-ring (bicyclic) bond motifs is 1. The average Bonchev–Trinajstić information content (AvgIpc) is 3.72. The summed E-state index contributed by atoms with van der Waals surface area (Å²) in [6, 6.07) is 15.3. The Morgan fingerprint density at radius 3 is 2.74 bits per heavy atom. The Morgan fingerprint density at radius 2 is 1.92 bits per heavy atom. The fourth-order valence-electron chi connectivity index (χ4n) is 5.22. The van der Waals surface area contributed by atoms with Crippen molar-refractivity contribution in [3.8, 4) is 0 Å². The van der Waals surface area contributed by atoms with Crippen LogP contribution in [0, 0.1) is 11.8 Å². The molecule has 2 N–H and O–H groups in total. The van der Waals surface area contributed by atoms with Crippen LogP contribution in [0.1, 0.15) is 61.9 Å². The third kappa shape index (κ3) is 6.74. The first kappa shape index (κ1) is 26.7. The highest BCUT2D eigenvalue weighted by Gasteiger charge is 2.44. The predicted molar refractivity (Wildman–Crippen MR) is 151 cm³/mol. The molecule has 2 heterocycles. The van der Waals surface area contributed by atoms with Crippen molar-refractivity contribution < 1.29 is 19.1 Å². The highest BCUT2D eigenvalue weighted by Crippen LogP contribution is 2.48. The van der Waals surface area contributed by atoms with E-state index >= 15 is 0 Å². The van der Waals surface area contributed by atoms with Crippen LogP contribution in [0.3, 0.4) is 0 Å². The number of likely N-dealkylation sites (tertiary alicyclic amines) is 1. The van der Waals surface area contributed by atoms with Gasteiger partial charge in [-0.25, -0.2) is 4.79 Å². The number of nitrogens with zero attached hydrogens (tertiary/aromatic N) is 2. The monoisotopic (exact) mass is 528 g/mol. The third-order valence-corrected chi connectivity index (χ3v) is 7.33. The second kappa shape index (κ2) is 11.0. The van der Waals surface area contributed by atoms with Crippen LogP contribution in [0.25, 0.3) is 10.8 Å². The van der Waals surface area contributed by atoms with Gasteiger partial charge in [0.05, 0.1) is 0 Å². The zero-order chi connectivity index (χ0) is 27.6. The molecule has 2 aliphatic rings. The van der Waals surface area contributed by atoms with Gasteiger partial charge in [0.1, 0.15) is 5.60 Å². The van der Waals surface area contributed by atoms with Crippen LogP contribution in [0.15, 0.2) is 60.9 Å². The lowest BCUT2D eigenvalue weighted by molar-refractivity contribution is -0.117. The van der Waals surface area contributed by atoms with Gasteiger partial charge < -0.3 is 20.3 Å². The third-order valence-electron chi connectivity index (χ3n) is 7.33. The number of aromatic nitrogens is 1. The number of ether oxygens (including phenoxy) is 1. The van der Waals surface area contributed by atoms with Crippen LogP contribution in [-0.2, 0) is 9.53 Å². The first-order valence-electron chi connectivity index (χ1n) is 13.7. The van der Waals surface area contributed by atoms with Crippen LogP contribution >= 0.6 is 0 Å². The summed E-state index contributed by atoms with van der Waals surface area (Å²) in [6.45, 7) is 7.33. The molecule has 0 radical (unpaired) electrons. The summed E-state index contributed by atoms with van der Waals surface area (Å²) >= 11 is 0. The van der Waals surface area contributed by atoms with Gasteiger partial charge >= 0.3 is 6.09 Å². The van der Waals surface area contributed by atoms with Crippen molar-refractivity contribution in [2.24, 2.45) is 11.8 Å². The molecule has 0 spiro atoms. The molecular formula is C31H36N4O4. The van der Waals surface area contributed by atoms with Crippen LogP contribution in [0.2, 0.25) is 0 Å². The summed E-state index contributed by atoms with van der Waals surface area (Å²) in [5, 5.41) is 8.13. The number of carbonyl (C=O) groups excluding carboxylic acids is 3. The summed E-state index contributed by atoms with van der Waals surface area (Å²) in [5.74, 6) is 0.0237. The van der Waals surface area contributed by atoms with Crippen molar-refractivity contribution in [3.05, 3.63) is 72.1 Å². The summed E-state index contributed by atoms with van der Waals surface area (Å²) < 4.78 is 5.51. The molecule has 1 aliphatic carbocycles. The summed E-state index contributed by atoms with van der Waals surface area (Å²) in [7, 11) is 0. The number of piperidine rings is 1. The minimum absolute atomic E-state index is 0.00454. The summed E-state index contributed by atoms with van der Waals surface area (Å²) in [4.78, 5) is 44.2. The summed E-state index contributed by atoms with van der Waals surface area (Å²) in [5.41, 5.74) is 1.83. The standard InChI is InChI=1S/C31H36N4O4/c1-31(2,3)39-30(38)35-13-5-6-20(19-35)17-33-28(36)23-8-4-7-22(14-23)26-16-27(26)29(37)34-25-10-9-24-18-32-12-11-21(24)15-25/h4,7-12,14-15,18,20,26-27H,5-6,13,16-17,19H2,1-3H3,(H,33,36)(H,34,37)/t20?,26-,27+/m0/s1. The highest BCUT2D eigenvalue weighted by atomic mass is 16.6. The van der Waals surface area contributed by atoms with Crippen LogP contribution in [0.5, 0.6) is 0 Å². The van der Waals surface area contributed by atoms with Gasteiger partial charge in [0, 0.05) is 54.6 Å². The topological polar surface area (TPSA) is 101 Å². The largest absolute Gasteiger partial charge is 0.444 e. The van der Waals surface area contributed by atoms with E-state index in [1.54, 1.807) is 23.4 Å². The molecule has 1 aromatic heterocycles. The van der Waals surface area contributed by atoms with Gasteiger partial charge in [-0.2, -0.15) is 0 Å². The number of pyridine rings is 1. The number of benzene rings is 2. The van der Waals surface area contributed by atoms with Gasteiger partial charge in [0.15, 0.2) is 0 Å². The smallest absolute Gasteiger partial charge is 0.410 e. The minimum Gasteiger partial charge on any atom is -0.444 e. The van der Waals surface area contributed by atoms with E-state index in [0.29, 0.717) is 25.2 Å². The van der Waals surface area contributed by atoms with E-state index in [2.05, 4.69) is 15.6 Å². The number of rotatable bonds is 6. The van der Waals surface area contributed by atoms with Gasteiger partial charge in [-0.15, -0.1) is 0 Å². The Bertz CT molecular complexity index is 1380. The quantitative estimate of drug-likeness (QED) is 0.449. The first-order chi connectivity index (χ1) is 18.7. The highest BCUT2D eigenvalue weighted by molar-refractivity contribution is 5.98. The van der Waals surface area contributed by atoms with Gasteiger partial charge in [-0.1, -0.05) is 18.2 Å². The molecule has 5 rings (SSSR count). The average molecular weight is 529 g/mol. The number of nitrogens with one attached hydrogen (secondary N) is 2. The van der Waals surface area contributed by atoms with E-state index in [4.69, 9.17) is 4.74 Å². The van der Waals surface area contributed by atoms with Gasteiger partial charge in [0.2, 0.25) is 5.91 Å². The van der Waals surface area contributed by atoms with E-state index in [0.717, 1.165) is 41.3 Å². The predicted octanol–water partition coefficient (Wildman–Crippen LogP) is 5.35. The molecular weight excluding hydrogens is 492 g/mol. The maximum absolute atomic E-state index is 12.9. The molecule has 3 amide bonds. The molecule has 204 valence electrons. The van der Waals surface area contributed by atoms with E-state index in [-0.39, 0.29) is 35.7 Å². The molecule has 8 nitrogen and oxygen atoms in total. The Morgan fingerprint density at radius 1 is 1.08 bits per heavy atom. The zero-order valence-corrected chi connectivity index (χ0v) is 22.8. The van der Waals surface area contributed by atoms with Crippen molar-refractivity contribution in [2.45, 2.75) is 51.6 Å². The molecule has 2 aromatic carbocycles. The lowest BCUT2D eigenvalue weighted by atomic mass is 9.98. The molecule has 1 saturated carbocycles. The van der Waals surface area contributed by atoms with E-state index in [1.807, 2.05) is 63.2 Å². The van der Waals surface area contributed by atoms with E-state index in [9.17, 15) is 14.4 Å². The number of amides is 3. The molecule has 1 aliphatic heterocycles. The summed E-state index contributed by atoms with van der Waals surface area (Å²) in [6.07, 6.45) is 5.84. The molecule has 8 heteroatoms. The maximum atomic E-state index is 12.9. The van der Waals surface area contributed by atoms with E-state index < -0.39 is 5.60 Å². The van der Waals surface area contributed by atoms with E-state index in [1.165, 1.54) is 0 Å². The van der Waals surface area contributed by atoms with Crippen LogP contribution < -0.4 is 10.6 Å². The Kier molecular flexibility index (Phi) is 7.55. The van der Waals surface area contributed by atoms with Gasteiger partial charge in [-0.05, 0) is 93.2 Å². The Labute approximate surface area is 229 Å². The SMILES string of the molecule is CC(C)(C)OC(=O)N1CCCC(CNC(=O)c2cccc([C@@H]3C[C@H]3C(=O)Nc3ccc4cnccc4c3)c2)C1. The van der Waals surface area contributed by atoms with Crippen molar-refractivity contribution in [1.82, 2.24) is 15.2 Å². The fourth-order valence-corrected chi connectivity index (χ4v) is 5.22. The minimum atomic E-state index is -0.529. The normalized spacial score (nSPS) is 20.8. The number of anilines is 1. The maximum Gasteiger partial charge on any atom is 0.410 e. The molecule has 1 unspecified atom stereocenters. The molecule has 39 heavy (non-hydrogen) atoms. The van der Waals surface area contributed by atoms with Crippen LogP contribution in [-0.4, -0.2) is 53.0 Å². The van der Waals surface area contributed by atoms with Crippen molar-refractivity contribution >= 4 is 34.4 Å². The molecule has 3 atom stereocenters. The first-order valence-corrected chi connectivity index (χ1v) is 13.7. The number of carbonyl (C=O) groups is 3. The fraction of sp³-hybridized carbons (Fsp3) is 0.419. The van der Waals surface area contributed by atoms with Gasteiger partial charge in [-0.3, -0.25) is 14.6 Å². The lowest BCUT2D eigenvalue weighted by Gasteiger charge is -2.34. The number of hydrogen-bond acceptors (Lipinski definition) is 5. The van der Waals surface area contributed by atoms with Crippen LogP contribution in [0.4, 0.5) is 10.5 Å². The van der Waals surface area contributed by atoms with Crippen molar-refractivity contribution in [1.29, 1.82) is 0 Å².